The minimum atomic E-state index is -0.284. The van der Waals surface area contributed by atoms with Crippen LogP contribution >= 0.6 is 0 Å². The van der Waals surface area contributed by atoms with E-state index in [2.05, 4.69) is 27.7 Å². The molecule has 2 aliphatic heterocycles. The van der Waals surface area contributed by atoms with Gasteiger partial charge in [0.15, 0.2) is 0 Å². The molecule has 2 fully saturated rings. The van der Waals surface area contributed by atoms with Crippen molar-refractivity contribution in [1.82, 2.24) is 10.6 Å². The SMILES string of the molecule is CNC1CCN(c2cccc(N(C)[C@@H]3CCC(=O)NC3=O)c2)CC1. The molecule has 2 heterocycles. The van der Waals surface area contributed by atoms with Gasteiger partial charge in [0, 0.05) is 44.0 Å². The van der Waals surface area contributed by atoms with Gasteiger partial charge in [0.05, 0.1) is 0 Å². The molecule has 6 nitrogen and oxygen atoms in total. The van der Waals surface area contributed by atoms with Crippen LogP contribution in [0.4, 0.5) is 11.4 Å². The van der Waals surface area contributed by atoms with Crippen LogP contribution in [0.2, 0.25) is 0 Å². The summed E-state index contributed by atoms with van der Waals surface area (Å²) in [6, 6.07) is 8.65. The van der Waals surface area contributed by atoms with Gasteiger partial charge in [-0.3, -0.25) is 14.9 Å². The van der Waals surface area contributed by atoms with Gasteiger partial charge in [-0.15, -0.1) is 0 Å². The zero-order chi connectivity index (χ0) is 17.1. The molecule has 0 bridgehead atoms. The van der Waals surface area contributed by atoms with Crippen molar-refractivity contribution in [3.8, 4) is 0 Å². The van der Waals surface area contributed by atoms with Crippen LogP contribution in [0, 0.1) is 0 Å². The van der Waals surface area contributed by atoms with Crippen molar-refractivity contribution in [2.45, 2.75) is 37.8 Å². The second kappa shape index (κ2) is 7.21. The Balaban J connectivity index is 1.71. The Kier molecular flexibility index (Phi) is 5.04. The zero-order valence-electron chi connectivity index (χ0n) is 14.4. The van der Waals surface area contributed by atoms with E-state index in [1.807, 2.05) is 31.1 Å². The molecule has 6 heteroatoms. The van der Waals surface area contributed by atoms with E-state index in [1.165, 1.54) is 5.69 Å². The second-order valence-electron chi connectivity index (χ2n) is 6.65. The van der Waals surface area contributed by atoms with Crippen LogP contribution in [-0.2, 0) is 9.59 Å². The lowest BCUT2D eigenvalue weighted by Gasteiger charge is -2.35. The number of carbonyl (C=O) groups excluding carboxylic acids is 2. The molecule has 1 aromatic rings. The summed E-state index contributed by atoms with van der Waals surface area (Å²) in [7, 11) is 3.95. The summed E-state index contributed by atoms with van der Waals surface area (Å²) >= 11 is 0. The maximum atomic E-state index is 12.1. The van der Waals surface area contributed by atoms with E-state index in [1.54, 1.807) is 0 Å². The zero-order valence-corrected chi connectivity index (χ0v) is 14.4. The highest BCUT2D eigenvalue weighted by atomic mass is 16.2. The van der Waals surface area contributed by atoms with Crippen LogP contribution in [0.25, 0.3) is 0 Å². The summed E-state index contributed by atoms with van der Waals surface area (Å²) in [6.07, 6.45) is 3.25. The molecule has 0 saturated carbocycles. The number of nitrogens with one attached hydrogen (secondary N) is 2. The molecule has 0 radical (unpaired) electrons. The first-order valence-electron chi connectivity index (χ1n) is 8.67. The molecule has 0 aliphatic carbocycles. The number of likely N-dealkylation sites (N-methyl/N-ethyl adjacent to an activating group) is 1. The number of hydrogen-bond donors (Lipinski definition) is 2. The highest BCUT2D eigenvalue weighted by Gasteiger charge is 2.30. The lowest BCUT2D eigenvalue weighted by atomic mass is 10.0. The van der Waals surface area contributed by atoms with Gasteiger partial charge in [-0.2, -0.15) is 0 Å². The fourth-order valence-corrected chi connectivity index (χ4v) is 3.57. The molecule has 2 aliphatic rings. The number of nitrogens with zero attached hydrogens (tertiary/aromatic N) is 2. The van der Waals surface area contributed by atoms with E-state index in [0.29, 0.717) is 18.9 Å². The Morgan fingerprint density at radius 1 is 1.21 bits per heavy atom. The van der Waals surface area contributed by atoms with Gasteiger partial charge in [0.25, 0.3) is 0 Å². The summed E-state index contributed by atoms with van der Waals surface area (Å²) in [5.74, 6) is -0.375. The molecule has 3 rings (SSSR count). The smallest absolute Gasteiger partial charge is 0.249 e. The average molecular weight is 330 g/mol. The van der Waals surface area contributed by atoms with Gasteiger partial charge in [-0.25, -0.2) is 0 Å². The van der Waals surface area contributed by atoms with Crippen molar-refractivity contribution in [3.05, 3.63) is 24.3 Å². The van der Waals surface area contributed by atoms with Crippen LogP contribution in [0.1, 0.15) is 25.7 Å². The lowest BCUT2D eigenvalue weighted by molar-refractivity contribution is -0.134. The Morgan fingerprint density at radius 3 is 2.62 bits per heavy atom. The van der Waals surface area contributed by atoms with Crippen LogP contribution < -0.4 is 20.4 Å². The number of anilines is 2. The molecule has 1 aromatic carbocycles. The Labute approximate surface area is 143 Å². The van der Waals surface area contributed by atoms with Crippen molar-refractivity contribution in [1.29, 1.82) is 0 Å². The summed E-state index contributed by atoms with van der Waals surface area (Å²) < 4.78 is 0. The van der Waals surface area contributed by atoms with E-state index in [9.17, 15) is 9.59 Å². The molecule has 2 saturated heterocycles. The first-order chi connectivity index (χ1) is 11.6. The molecular weight excluding hydrogens is 304 g/mol. The van der Waals surface area contributed by atoms with Crippen molar-refractivity contribution in [2.24, 2.45) is 0 Å². The summed E-state index contributed by atoms with van der Waals surface area (Å²) in [5.41, 5.74) is 2.21. The van der Waals surface area contributed by atoms with Gasteiger partial charge in [0.2, 0.25) is 11.8 Å². The van der Waals surface area contributed by atoms with Crippen LogP contribution in [0.5, 0.6) is 0 Å². The second-order valence-corrected chi connectivity index (χ2v) is 6.65. The molecule has 2 amide bonds. The van der Waals surface area contributed by atoms with Crippen LogP contribution in [0.3, 0.4) is 0 Å². The number of rotatable bonds is 4. The molecule has 130 valence electrons. The van der Waals surface area contributed by atoms with E-state index in [-0.39, 0.29) is 17.9 Å². The number of imide groups is 1. The fraction of sp³-hybridized carbons (Fsp3) is 0.556. The van der Waals surface area contributed by atoms with E-state index >= 15 is 0 Å². The van der Waals surface area contributed by atoms with Crippen molar-refractivity contribution in [3.63, 3.8) is 0 Å². The first-order valence-corrected chi connectivity index (χ1v) is 8.67. The third kappa shape index (κ3) is 3.53. The number of piperidine rings is 2. The van der Waals surface area contributed by atoms with E-state index in [0.717, 1.165) is 31.6 Å². The summed E-state index contributed by atoms with van der Waals surface area (Å²) in [5, 5.41) is 5.78. The third-order valence-corrected chi connectivity index (χ3v) is 5.18. The number of amides is 2. The minimum Gasteiger partial charge on any atom is -0.371 e. The Hall–Kier alpha value is -2.08. The minimum absolute atomic E-state index is 0.175. The first kappa shape index (κ1) is 16.8. The number of hydrogen-bond acceptors (Lipinski definition) is 5. The lowest BCUT2D eigenvalue weighted by Crippen LogP contribution is -2.51. The molecular formula is C18H26N4O2. The van der Waals surface area contributed by atoms with Gasteiger partial charge < -0.3 is 15.1 Å². The maximum absolute atomic E-state index is 12.1. The van der Waals surface area contributed by atoms with Crippen molar-refractivity contribution >= 4 is 23.2 Å². The largest absolute Gasteiger partial charge is 0.371 e. The normalized spacial score (nSPS) is 22.4. The predicted molar refractivity (Wildman–Crippen MR) is 95.3 cm³/mol. The monoisotopic (exact) mass is 330 g/mol. The average Bonchev–Trinajstić information content (AvgIpc) is 2.61. The molecule has 0 spiro atoms. The topological polar surface area (TPSA) is 64.7 Å². The van der Waals surface area contributed by atoms with Crippen molar-refractivity contribution < 1.29 is 9.59 Å². The third-order valence-electron chi connectivity index (χ3n) is 5.18. The molecule has 0 aromatic heterocycles. The van der Waals surface area contributed by atoms with E-state index in [4.69, 9.17) is 0 Å². The molecule has 24 heavy (non-hydrogen) atoms. The Bertz CT molecular complexity index is 611. The molecule has 2 N–H and O–H groups in total. The quantitative estimate of drug-likeness (QED) is 0.810. The fourth-order valence-electron chi connectivity index (χ4n) is 3.57. The van der Waals surface area contributed by atoms with Crippen molar-refractivity contribution in [2.75, 3.05) is 37.0 Å². The van der Waals surface area contributed by atoms with Gasteiger partial charge >= 0.3 is 0 Å². The van der Waals surface area contributed by atoms with Crippen LogP contribution in [0.15, 0.2) is 24.3 Å². The summed E-state index contributed by atoms with van der Waals surface area (Å²) in [6.45, 7) is 2.08. The highest BCUT2D eigenvalue weighted by Crippen LogP contribution is 2.27. The van der Waals surface area contributed by atoms with E-state index < -0.39 is 0 Å². The maximum Gasteiger partial charge on any atom is 0.249 e. The predicted octanol–water partition coefficient (Wildman–Crippen LogP) is 1.12. The van der Waals surface area contributed by atoms with Crippen LogP contribution in [-0.4, -0.2) is 51.1 Å². The summed E-state index contributed by atoms with van der Waals surface area (Å²) in [4.78, 5) is 27.8. The van der Waals surface area contributed by atoms with Gasteiger partial charge in [0.1, 0.15) is 6.04 Å². The number of carbonyl (C=O) groups is 2. The number of benzene rings is 1. The van der Waals surface area contributed by atoms with Gasteiger partial charge in [-0.1, -0.05) is 6.07 Å². The van der Waals surface area contributed by atoms with Gasteiger partial charge in [-0.05, 0) is 44.5 Å². The molecule has 0 unspecified atom stereocenters. The Morgan fingerprint density at radius 2 is 1.96 bits per heavy atom. The molecule has 1 atom stereocenters. The standard InChI is InChI=1S/C18H26N4O2/c1-19-13-8-10-22(11-9-13)15-5-3-4-14(12-15)21(2)16-6-7-17(23)20-18(16)24/h3-5,12-13,16,19H,6-11H2,1-2H3,(H,20,23,24)/t16-/m1/s1. The highest BCUT2D eigenvalue weighted by molar-refractivity contribution is 6.01.